The number of rotatable bonds is 6. The molecule has 1 aliphatic rings. The van der Waals surface area contributed by atoms with Crippen LogP contribution in [0, 0.1) is 6.92 Å². The number of hydrogen-bond donors (Lipinski definition) is 0. The molecule has 154 valence electrons. The van der Waals surface area contributed by atoms with Gasteiger partial charge in [-0.1, -0.05) is 12.1 Å². The number of imide groups is 1. The first-order chi connectivity index (χ1) is 13.7. The van der Waals surface area contributed by atoms with Crippen molar-refractivity contribution in [2.24, 2.45) is 0 Å². The lowest BCUT2D eigenvalue weighted by molar-refractivity contribution is -0.141. The Hall–Kier alpha value is -2.74. The van der Waals surface area contributed by atoms with Gasteiger partial charge in [0.2, 0.25) is 17.7 Å². The summed E-state index contributed by atoms with van der Waals surface area (Å²) in [5.41, 5.74) is 0.341. The Morgan fingerprint density at radius 3 is 2.48 bits per heavy atom. The highest BCUT2D eigenvalue weighted by atomic mass is 32.1. The number of benzene rings is 1. The van der Waals surface area contributed by atoms with Crippen molar-refractivity contribution in [1.29, 1.82) is 0 Å². The van der Waals surface area contributed by atoms with E-state index in [-0.39, 0.29) is 36.6 Å². The number of amides is 3. The quantitative estimate of drug-likeness (QED) is 0.678. The van der Waals surface area contributed by atoms with E-state index < -0.39 is 5.41 Å². The summed E-state index contributed by atoms with van der Waals surface area (Å²) in [6.07, 6.45) is -0.113. The van der Waals surface area contributed by atoms with Gasteiger partial charge in [-0.15, -0.1) is 11.3 Å². The maximum atomic E-state index is 13.2. The van der Waals surface area contributed by atoms with Crippen molar-refractivity contribution in [1.82, 2.24) is 14.8 Å². The molecule has 0 unspecified atom stereocenters. The minimum absolute atomic E-state index is 0.0288. The summed E-state index contributed by atoms with van der Waals surface area (Å²) in [5.74, 6) is -0.208. The van der Waals surface area contributed by atoms with Crippen LogP contribution in [0.25, 0.3) is 0 Å². The molecule has 1 saturated heterocycles. The molecule has 0 saturated carbocycles. The second-order valence-electron chi connectivity index (χ2n) is 7.43. The summed E-state index contributed by atoms with van der Waals surface area (Å²) in [6.45, 7) is 3.82. The molecule has 2 heterocycles. The summed E-state index contributed by atoms with van der Waals surface area (Å²) in [5, 5.41) is 2.78. The van der Waals surface area contributed by atoms with Crippen LogP contribution < -0.4 is 4.74 Å². The fourth-order valence-corrected chi connectivity index (χ4v) is 4.49. The zero-order chi connectivity index (χ0) is 21.3. The Bertz CT molecular complexity index is 940. The number of carbonyl (C=O) groups excluding carboxylic acids is 3. The highest BCUT2D eigenvalue weighted by molar-refractivity contribution is 7.09. The molecule has 2 atom stereocenters. The minimum atomic E-state index is -1.21. The number of carbonyl (C=O) groups is 3. The highest BCUT2D eigenvalue weighted by Gasteiger charge is 2.53. The molecule has 0 N–H and O–H groups in total. The lowest BCUT2D eigenvalue weighted by Gasteiger charge is -2.30. The molecule has 1 aromatic carbocycles. The average molecular weight is 416 g/mol. The van der Waals surface area contributed by atoms with Crippen LogP contribution in [0.15, 0.2) is 29.6 Å². The van der Waals surface area contributed by atoms with Gasteiger partial charge in [-0.25, -0.2) is 4.98 Å². The van der Waals surface area contributed by atoms with Crippen LogP contribution >= 0.6 is 11.3 Å². The monoisotopic (exact) mass is 415 g/mol. The molecule has 1 aliphatic heterocycles. The lowest BCUT2D eigenvalue weighted by atomic mass is 9.75. The summed E-state index contributed by atoms with van der Waals surface area (Å²) >= 11 is 1.50. The molecule has 8 heteroatoms. The Balaban J connectivity index is 1.92. The van der Waals surface area contributed by atoms with Crippen LogP contribution in [0.3, 0.4) is 0 Å². The molecule has 7 nitrogen and oxygen atoms in total. The Kier molecular flexibility index (Phi) is 5.75. The van der Waals surface area contributed by atoms with E-state index in [0.717, 1.165) is 15.6 Å². The molecule has 29 heavy (non-hydrogen) atoms. The number of likely N-dealkylation sites (tertiary alicyclic amines) is 1. The molecule has 3 amide bonds. The van der Waals surface area contributed by atoms with E-state index in [9.17, 15) is 14.4 Å². The maximum absolute atomic E-state index is 13.2. The van der Waals surface area contributed by atoms with Gasteiger partial charge in [0.15, 0.2) is 0 Å². The van der Waals surface area contributed by atoms with Gasteiger partial charge >= 0.3 is 0 Å². The van der Waals surface area contributed by atoms with Crippen LogP contribution in [0.2, 0.25) is 0 Å². The molecular formula is C21H25N3O4S. The van der Waals surface area contributed by atoms with Crippen LogP contribution in [0.5, 0.6) is 5.75 Å². The van der Waals surface area contributed by atoms with Crippen LogP contribution in [-0.4, -0.2) is 53.7 Å². The first-order valence-electron chi connectivity index (χ1n) is 9.33. The fraction of sp³-hybridized carbons (Fsp3) is 0.429. The number of thiazole rings is 1. The van der Waals surface area contributed by atoms with Crippen molar-refractivity contribution in [3.8, 4) is 5.75 Å². The van der Waals surface area contributed by atoms with Gasteiger partial charge in [0.25, 0.3) is 0 Å². The topological polar surface area (TPSA) is 79.8 Å². The predicted octanol–water partition coefficient (Wildman–Crippen LogP) is 2.70. The van der Waals surface area contributed by atoms with Crippen molar-refractivity contribution in [3.63, 3.8) is 0 Å². The third-order valence-electron chi connectivity index (χ3n) is 5.61. The first kappa shape index (κ1) is 21.0. The summed E-state index contributed by atoms with van der Waals surface area (Å²) < 4.78 is 5.19. The number of nitrogens with zero attached hydrogens (tertiary/aromatic N) is 3. The molecule has 1 aromatic heterocycles. The first-order valence-corrected chi connectivity index (χ1v) is 10.2. The molecular weight excluding hydrogens is 390 g/mol. The number of hydrogen-bond acceptors (Lipinski definition) is 6. The van der Waals surface area contributed by atoms with Crippen LogP contribution in [0.4, 0.5) is 0 Å². The molecule has 0 spiro atoms. The average Bonchev–Trinajstić information content (AvgIpc) is 3.24. The lowest BCUT2D eigenvalue weighted by Crippen LogP contribution is -2.42. The van der Waals surface area contributed by atoms with Gasteiger partial charge in [0, 0.05) is 38.0 Å². The van der Waals surface area contributed by atoms with Crippen LogP contribution in [0.1, 0.15) is 42.1 Å². The molecule has 3 rings (SSSR count). The maximum Gasteiger partial charge on any atom is 0.240 e. The molecule has 0 aliphatic carbocycles. The Labute approximate surface area is 174 Å². The van der Waals surface area contributed by atoms with E-state index in [0.29, 0.717) is 11.3 Å². The van der Waals surface area contributed by atoms with Crippen molar-refractivity contribution in [3.05, 3.63) is 45.9 Å². The van der Waals surface area contributed by atoms with E-state index in [1.165, 1.54) is 18.4 Å². The summed E-state index contributed by atoms with van der Waals surface area (Å²) in [7, 11) is 4.73. The molecule has 0 radical (unpaired) electrons. The van der Waals surface area contributed by atoms with E-state index >= 15 is 0 Å². The summed E-state index contributed by atoms with van der Waals surface area (Å²) in [6, 6.07) is 6.76. The van der Waals surface area contributed by atoms with Crippen LogP contribution in [-0.2, 0) is 19.8 Å². The standard InChI is InChI=1S/C21H25N3O4S/c1-13-12-29-19(22-13)14(2)23(3)17(25)10-21(11-18(26)24(4)20(21)27)15-6-8-16(28-5)9-7-15/h6-9,12,14H,10-11H2,1-5H3/t14-,21-/m0/s1. The van der Waals surface area contributed by atoms with Gasteiger partial charge in [-0.2, -0.15) is 0 Å². The number of ether oxygens (including phenoxy) is 1. The van der Waals surface area contributed by atoms with E-state index in [4.69, 9.17) is 4.74 Å². The number of aryl methyl sites for hydroxylation is 1. The van der Waals surface area contributed by atoms with Gasteiger partial charge in [0.05, 0.1) is 18.6 Å². The zero-order valence-electron chi connectivity index (χ0n) is 17.3. The normalized spacial score (nSPS) is 20.1. The highest BCUT2D eigenvalue weighted by Crippen LogP contribution is 2.40. The van der Waals surface area contributed by atoms with Gasteiger partial charge < -0.3 is 9.64 Å². The zero-order valence-corrected chi connectivity index (χ0v) is 18.1. The van der Waals surface area contributed by atoms with Crippen molar-refractivity contribution in [2.75, 3.05) is 21.2 Å². The number of aromatic nitrogens is 1. The van der Waals surface area contributed by atoms with Crippen molar-refractivity contribution in [2.45, 2.75) is 38.1 Å². The van der Waals surface area contributed by atoms with Gasteiger partial charge in [-0.3, -0.25) is 19.3 Å². The van der Waals surface area contributed by atoms with Crippen molar-refractivity contribution >= 4 is 29.1 Å². The molecule has 2 aromatic rings. The largest absolute Gasteiger partial charge is 0.497 e. The smallest absolute Gasteiger partial charge is 0.240 e. The predicted molar refractivity (Wildman–Crippen MR) is 110 cm³/mol. The summed E-state index contributed by atoms with van der Waals surface area (Å²) in [4.78, 5) is 45.8. The van der Waals surface area contributed by atoms with E-state index in [1.807, 2.05) is 19.2 Å². The SMILES string of the molecule is COc1ccc([C@]2(CC(=O)N(C)[C@@H](C)c3nc(C)cs3)CC(=O)N(C)C2=O)cc1. The second-order valence-corrected chi connectivity index (χ2v) is 8.32. The number of methoxy groups -OCH3 is 1. The third-order valence-corrected chi connectivity index (χ3v) is 6.74. The number of likely N-dealkylation sites (N-methyl/N-ethyl adjacent to an activating group) is 1. The molecule has 1 fully saturated rings. The van der Waals surface area contributed by atoms with Crippen molar-refractivity contribution < 1.29 is 19.1 Å². The van der Waals surface area contributed by atoms with E-state index in [1.54, 1.807) is 43.3 Å². The third kappa shape index (κ3) is 3.76. The van der Waals surface area contributed by atoms with Gasteiger partial charge in [0.1, 0.15) is 10.8 Å². The molecule has 0 bridgehead atoms. The Morgan fingerprint density at radius 2 is 2.00 bits per heavy atom. The van der Waals surface area contributed by atoms with E-state index in [2.05, 4.69) is 4.98 Å². The fourth-order valence-electron chi connectivity index (χ4n) is 3.59. The minimum Gasteiger partial charge on any atom is -0.497 e. The Morgan fingerprint density at radius 1 is 1.34 bits per heavy atom. The van der Waals surface area contributed by atoms with Gasteiger partial charge in [-0.05, 0) is 31.5 Å². The second kappa shape index (κ2) is 7.94.